The van der Waals surface area contributed by atoms with Crippen LogP contribution in [0.5, 0.6) is 5.75 Å². The number of carbonyl (C=O) groups is 1. The molecule has 0 bridgehead atoms. The first kappa shape index (κ1) is 12.7. The van der Waals surface area contributed by atoms with Crippen LogP contribution in [0.15, 0.2) is 24.3 Å². The molecular weight excluding hydrogens is 180 g/mol. The predicted octanol–water partition coefficient (Wildman–Crippen LogP) is 1.90. The topological polar surface area (TPSA) is 46.5 Å². The number of aldehydes is 1. The lowest BCUT2D eigenvalue weighted by Crippen LogP contribution is -2.03. The molecule has 0 heterocycles. The molecule has 0 saturated carbocycles. The Morgan fingerprint density at radius 3 is 2.57 bits per heavy atom. The minimum Gasteiger partial charge on any atom is -0.490 e. The van der Waals surface area contributed by atoms with Crippen molar-refractivity contribution in [1.29, 1.82) is 0 Å². The van der Waals surface area contributed by atoms with E-state index in [9.17, 15) is 4.79 Å². The Labute approximate surface area is 84.3 Å². The average molecular weight is 196 g/mol. The quantitative estimate of drug-likeness (QED) is 0.748. The lowest BCUT2D eigenvalue weighted by atomic mass is 10.2. The van der Waals surface area contributed by atoms with Crippen LogP contribution in [0.4, 0.5) is 0 Å². The fourth-order valence-corrected chi connectivity index (χ4v) is 0.865. The number of hydrogen-bond donors (Lipinski definition) is 1. The zero-order valence-corrected chi connectivity index (χ0v) is 8.56. The normalized spacial score (nSPS) is 8.50. The van der Waals surface area contributed by atoms with Crippen molar-refractivity contribution in [2.24, 2.45) is 0 Å². The summed E-state index contributed by atoms with van der Waals surface area (Å²) in [6.07, 6.45) is 0.729. The van der Waals surface area contributed by atoms with E-state index in [1.807, 2.05) is 13.8 Å². The second kappa shape index (κ2) is 8.26. The summed E-state index contributed by atoms with van der Waals surface area (Å²) >= 11 is 0. The molecule has 0 saturated heterocycles. The summed E-state index contributed by atoms with van der Waals surface area (Å²) in [5.41, 5.74) is 0.506. The molecule has 1 aromatic rings. The molecule has 3 heteroatoms. The summed E-state index contributed by atoms with van der Waals surface area (Å²) in [6.45, 7) is 4.16. The van der Waals surface area contributed by atoms with Gasteiger partial charge in [0, 0.05) is 0 Å². The van der Waals surface area contributed by atoms with Crippen LogP contribution in [0, 0.1) is 0 Å². The minimum absolute atomic E-state index is 0.0484. The largest absolute Gasteiger partial charge is 0.490 e. The molecule has 78 valence electrons. The second-order valence-corrected chi connectivity index (χ2v) is 2.23. The minimum atomic E-state index is -0.0484. The first-order chi connectivity index (χ1) is 6.88. The van der Waals surface area contributed by atoms with Crippen LogP contribution >= 0.6 is 0 Å². The van der Waals surface area contributed by atoms with E-state index in [1.54, 1.807) is 24.3 Å². The Bertz CT molecular complexity index is 258. The average Bonchev–Trinajstić information content (AvgIpc) is 2.29. The van der Waals surface area contributed by atoms with Crippen LogP contribution < -0.4 is 4.74 Å². The summed E-state index contributed by atoms with van der Waals surface area (Å²) < 4.78 is 5.10. The van der Waals surface area contributed by atoms with Gasteiger partial charge in [0.25, 0.3) is 0 Å². The molecule has 0 fully saturated rings. The Kier molecular flexibility index (Phi) is 7.46. The molecule has 0 atom stereocenters. The summed E-state index contributed by atoms with van der Waals surface area (Å²) in [4.78, 5) is 10.4. The van der Waals surface area contributed by atoms with Gasteiger partial charge in [0.1, 0.15) is 12.4 Å². The fraction of sp³-hybridized carbons (Fsp3) is 0.364. The van der Waals surface area contributed by atoms with Crippen LogP contribution in [0.25, 0.3) is 0 Å². The number of rotatable bonds is 4. The van der Waals surface area contributed by atoms with Gasteiger partial charge in [-0.2, -0.15) is 0 Å². The lowest BCUT2D eigenvalue weighted by molar-refractivity contribution is 0.111. The van der Waals surface area contributed by atoms with E-state index in [2.05, 4.69) is 0 Å². The number of hydrogen-bond acceptors (Lipinski definition) is 3. The molecule has 0 unspecified atom stereocenters. The van der Waals surface area contributed by atoms with E-state index >= 15 is 0 Å². The van der Waals surface area contributed by atoms with E-state index in [1.165, 1.54) is 0 Å². The van der Waals surface area contributed by atoms with Gasteiger partial charge in [0.15, 0.2) is 6.29 Å². The summed E-state index contributed by atoms with van der Waals surface area (Å²) in [5, 5.41) is 8.48. The number of carbonyl (C=O) groups excluding carboxylic acids is 1. The highest BCUT2D eigenvalue weighted by molar-refractivity contribution is 5.79. The van der Waals surface area contributed by atoms with E-state index in [0.29, 0.717) is 11.3 Å². The Balaban J connectivity index is 0.000000791. The van der Waals surface area contributed by atoms with Crippen LogP contribution in [0.2, 0.25) is 0 Å². The zero-order valence-electron chi connectivity index (χ0n) is 8.56. The molecule has 1 N–H and O–H groups in total. The summed E-state index contributed by atoms with van der Waals surface area (Å²) in [5.74, 6) is 0.515. The standard InChI is InChI=1S/C9H10O3.C2H6/c10-5-6-12-9-4-2-1-3-8(9)7-11;1-2/h1-4,7,10H,5-6H2;1-2H3. The second-order valence-electron chi connectivity index (χ2n) is 2.23. The third kappa shape index (κ3) is 4.05. The van der Waals surface area contributed by atoms with Crippen molar-refractivity contribution in [3.05, 3.63) is 29.8 Å². The van der Waals surface area contributed by atoms with E-state index < -0.39 is 0 Å². The van der Waals surface area contributed by atoms with Gasteiger partial charge in [-0.05, 0) is 12.1 Å². The molecule has 3 nitrogen and oxygen atoms in total. The van der Waals surface area contributed by atoms with Crippen LogP contribution in [-0.2, 0) is 0 Å². The highest BCUT2D eigenvalue weighted by Gasteiger charge is 1.99. The highest BCUT2D eigenvalue weighted by atomic mass is 16.5. The maximum Gasteiger partial charge on any atom is 0.153 e. The number of aliphatic hydroxyl groups is 1. The molecule has 1 aromatic carbocycles. The van der Waals surface area contributed by atoms with Gasteiger partial charge >= 0.3 is 0 Å². The number of benzene rings is 1. The number of ether oxygens (including phenoxy) is 1. The van der Waals surface area contributed by atoms with E-state index in [0.717, 1.165) is 6.29 Å². The van der Waals surface area contributed by atoms with E-state index in [4.69, 9.17) is 9.84 Å². The van der Waals surface area contributed by atoms with Gasteiger partial charge in [0.05, 0.1) is 12.2 Å². The summed E-state index contributed by atoms with van der Waals surface area (Å²) in [7, 11) is 0. The summed E-state index contributed by atoms with van der Waals surface area (Å²) in [6, 6.07) is 6.90. The Morgan fingerprint density at radius 1 is 1.36 bits per heavy atom. The molecule has 0 radical (unpaired) electrons. The third-order valence-electron chi connectivity index (χ3n) is 1.39. The van der Waals surface area contributed by atoms with Crippen molar-refractivity contribution < 1.29 is 14.6 Å². The number of para-hydroxylation sites is 1. The van der Waals surface area contributed by atoms with Crippen molar-refractivity contribution in [3.8, 4) is 5.75 Å². The SMILES string of the molecule is CC.O=Cc1ccccc1OCCO. The third-order valence-corrected chi connectivity index (χ3v) is 1.39. The molecule has 0 spiro atoms. The molecule has 0 aliphatic carbocycles. The maximum atomic E-state index is 10.4. The van der Waals surface area contributed by atoms with Gasteiger partial charge in [-0.3, -0.25) is 4.79 Å². The predicted molar refractivity (Wildman–Crippen MR) is 55.8 cm³/mol. The lowest BCUT2D eigenvalue weighted by Gasteiger charge is -2.05. The van der Waals surface area contributed by atoms with Crippen molar-refractivity contribution in [3.63, 3.8) is 0 Å². The number of aliphatic hydroxyl groups excluding tert-OH is 1. The molecule has 0 amide bonds. The highest BCUT2D eigenvalue weighted by Crippen LogP contribution is 2.14. The van der Waals surface area contributed by atoms with Crippen LogP contribution in [0.3, 0.4) is 0 Å². The van der Waals surface area contributed by atoms with Crippen LogP contribution in [-0.4, -0.2) is 24.6 Å². The first-order valence-corrected chi connectivity index (χ1v) is 4.66. The van der Waals surface area contributed by atoms with Crippen molar-refractivity contribution in [1.82, 2.24) is 0 Å². The van der Waals surface area contributed by atoms with Gasteiger partial charge in [-0.1, -0.05) is 26.0 Å². The van der Waals surface area contributed by atoms with Crippen molar-refractivity contribution >= 4 is 6.29 Å². The molecule has 14 heavy (non-hydrogen) atoms. The van der Waals surface area contributed by atoms with Crippen molar-refractivity contribution in [2.45, 2.75) is 13.8 Å². The zero-order chi connectivity index (χ0) is 10.8. The first-order valence-electron chi connectivity index (χ1n) is 4.66. The van der Waals surface area contributed by atoms with Gasteiger partial charge in [-0.15, -0.1) is 0 Å². The Morgan fingerprint density at radius 2 is 2.00 bits per heavy atom. The molecule has 0 aliphatic rings. The van der Waals surface area contributed by atoms with Crippen molar-refractivity contribution in [2.75, 3.05) is 13.2 Å². The smallest absolute Gasteiger partial charge is 0.153 e. The molecule has 0 aromatic heterocycles. The molecule has 0 aliphatic heterocycles. The van der Waals surface area contributed by atoms with Crippen LogP contribution in [0.1, 0.15) is 24.2 Å². The van der Waals surface area contributed by atoms with E-state index in [-0.39, 0.29) is 13.2 Å². The maximum absolute atomic E-state index is 10.4. The van der Waals surface area contributed by atoms with Gasteiger partial charge in [-0.25, -0.2) is 0 Å². The monoisotopic (exact) mass is 196 g/mol. The van der Waals surface area contributed by atoms with Gasteiger partial charge < -0.3 is 9.84 Å². The molecular formula is C11H16O3. The Hall–Kier alpha value is -1.35. The molecule has 1 rings (SSSR count). The van der Waals surface area contributed by atoms with Gasteiger partial charge in [0.2, 0.25) is 0 Å². The fourth-order valence-electron chi connectivity index (χ4n) is 0.865.